The molecule has 0 saturated carbocycles. The zero-order chi connectivity index (χ0) is 15.5. The molecule has 5 heteroatoms. The van der Waals surface area contributed by atoms with E-state index >= 15 is 0 Å². The highest BCUT2D eigenvalue weighted by molar-refractivity contribution is 5.99. The predicted octanol–water partition coefficient (Wildman–Crippen LogP) is 2.27. The van der Waals surface area contributed by atoms with Crippen LogP contribution < -0.4 is 15.4 Å². The van der Waals surface area contributed by atoms with Crippen molar-refractivity contribution in [2.24, 2.45) is 0 Å². The fourth-order valence-corrected chi connectivity index (χ4v) is 1.47. The van der Waals surface area contributed by atoms with E-state index in [-0.39, 0.29) is 18.4 Å². The summed E-state index contributed by atoms with van der Waals surface area (Å²) < 4.78 is 5.31. The molecule has 0 saturated heterocycles. The maximum absolute atomic E-state index is 11.5. The molecule has 0 spiro atoms. The average molecular weight is 288 g/mol. The molecule has 0 heterocycles. The number of ether oxygens (including phenoxy) is 1. The second-order valence-corrected chi connectivity index (χ2v) is 4.14. The Hall–Kier alpha value is -2.56. The molecule has 1 aromatic carbocycles. The lowest BCUT2D eigenvalue weighted by Crippen LogP contribution is -2.28. The molecule has 0 atom stereocenters. The smallest absolute Gasteiger partial charge is 0.257 e. The SMILES string of the molecule is CC=CC=CC(=O)Nc1ccc(OCC(=O)NCC)cc1. The minimum Gasteiger partial charge on any atom is -0.484 e. The summed E-state index contributed by atoms with van der Waals surface area (Å²) in [5.41, 5.74) is 0.662. The van der Waals surface area contributed by atoms with E-state index < -0.39 is 0 Å². The van der Waals surface area contributed by atoms with E-state index in [2.05, 4.69) is 10.6 Å². The van der Waals surface area contributed by atoms with Gasteiger partial charge in [0.2, 0.25) is 5.91 Å². The molecule has 1 rings (SSSR count). The molecular formula is C16H20N2O3. The average Bonchev–Trinajstić information content (AvgIpc) is 2.47. The van der Waals surface area contributed by atoms with Gasteiger partial charge in [-0.2, -0.15) is 0 Å². The summed E-state index contributed by atoms with van der Waals surface area (Å²) in [7, 11) is 0. The van der Waals surface area contributed by atoms with Crippen LogP contribution in [0.4, 0.5) is 5.69 Å². The molecule has 112 valence electrons. The number of carbonyl (C=O) groups excluding carboxylic acids is 2. The molecule has 21 heavy (non-hydrogen) atoms. The molecule has 0 fully saturated rings. The highest BCUT2D eigenvalue weighted by atomic mass is 16.5. The standard InChI is InChI=1S/C16H20N2O3/c1-3-5-6-7-15(19)18-13-8-10-14(11-9-13)21-12-16(20)17-4-2/h3,5-11H,4,12H2,1-2H3,(H,17,20)(H,18,19). The summed E-state index contributed by atoms with van der Waals surface area (Å²) in [5.74, 6) is 0.205. The Morgan fingerprint density at radius 1 is 1.19 bits per heavy atom. The first-order valence-electron chi connectivity index (χ1n) is 6.75. The monoisotopic (exact) mass is 288 g/mol. The topological polar surface area (TPSA) is 67.4 Å². The number of amides is 2. The van der Waals surface area contributed by atoms with Crippen LogP contribution in [0.2, 0.25) is 0 Å². The molecule has 0 aliphatic carbocycles. The van der Waals surface area contributed by atoms with Gasteiger partial charge in [0.25, 0.3) is 5.91 Å². The third kappa shape index (κ3) is 6.96. The van der Waals surface area contributed by atoms with E-state index in [1.807, 2.05) is 19.9 Å². The third-order valence-electron chi connectivity index (χ3n) is 2.42. The van der Waals surface area contributed by atoms with Gasteiger partial charge in [0, 0.05) is 18.3 Å². The molecule has 0 aromatic heterocycles. The maximum atomic E-state index is 11.5. The molecule has 0 bridgehead atoms. The van der Waals surface area contributed by atoms with Crippen LogP contribution in [-0.4, -0.2) is 25.0 Å². The highest BCUT2D eigenvalue weighted by Crippen LogP contribution is 2.15. The minimum atomic E-state index is -0.205. The van der Waals surface area contributed by atoms with Crippen molar-refractivity contribution in [3.8, 4) is 5.75 Å². The van der Waals surface area contributed by atoms with Gasteiger partial charge in [0.15, 0.2) is 6.61 Å². The summed E-state index contributed by atoms with van der Waals surface area (Å²) >= 11 is 0. The lowest BCUT2D eigenvalue weighted by Gasteiger charge is -2.07. The van der Waals surface area contributed by atoms with Crippen LogP contribution in [0, 0.1) is 0 Å². The van der Waals surface area contributed by atoms with Crippen LogP contribution in [0.3, 0.4) is 0 Å². The largest absolute Gasteiger partial charge is 0.484 e. The first-order chi connectivity index (χ1) is 10.2. The van der Waals surface area contributed by atoms with Gasteiger partial charge < -0.3 is 15.4 Å². The molecule has 1 aromatic rings. The van der Waals surface area contributed by atoms with Crippen LogP contribution in [-0.2, 0) is 9.59 Å². The first kappa shape index (κ1) is 16.5. The molecule has 0 aliphatic rings. The summed E-state index contributed by atoms with van der Waals surface area (Å²) in [5, 5.41) is 5.36. The predicted molar refractivity (Wildman–Crippen MR) is 83.2 cm³/mol. The molecule has 0 aliphatic heterocycles. The van der Waals surface area contributed by atoms with Crippen LogP contribution in [0.1, 0.15) is 13.8 Å². The number of benzene rings is 1. The Kier molecular flexibility index (Phi) is 7.35. The number of anilines is 1. The number of hydrogen-bond acceptors (Lipinski definition) is 3. The molecule has 5 nitrogen and oxygen atoms in total. The molecule has 2 N–H and O–H groups in total. The van der Waals surface area contributed by atoms with E-state index in [9.17, 15) is 9.59 Å². The molecular weight excluding hydrogens is 268 g/mol. The van der Waals surface area contributed by atoms with Gasteiger partial charge in [-0.3, -0.25) is 9.59 Å². The third-order valence-corrected chi connectivity index (χ3v) is 2.42. The zero-order valence-electron chi connectivity index (χ0n) is 12.3. The summed E-state index contributed by atoms with van der Waals surface area (Å²) in [6.45, 7) is 4.28. The second-order valence-electron chi connectivity index (χ2n) is 4.14. The normalized spacial score (nSPS) is 10.8. The van der Waals surface area contributed by atoms with E-state index in [4.69, 9.17) is 4.74 Å². The number of carbonyl (C=O) groups is 2. The van der Waals surface area contributed by atoms with Gasteiger partial charge in [-0.05, 0) is 38.1 Å². The van der Waals surface area contributed by atoms with Crippen molar-refractivity contribution in [3.05, 3.63) is 48.6 Å². The van der Waals surface area contributed by atoms with Crippen molar-refractivity contribution in [3.63, 3.8) is 0 Å². The second kappa shape index (κ2) is 9.36. The van der Waals surface area contributed by atoms with Gasteiger partial charge >= 0.3 is 0 Å². The van der Waals surface area contributed by atoms with E-state index in [1.54, 1.807) is 36.4 Å². The van der Waals surface area contributed by atoms with E-state index in [1.165, 1.54) is 6.08 Å². The van der Waals surface area contributed by atoms with Crippen LogP contribution in [0.15, 0.2) is 48.6 Å². The van der Waals surface area contributed by atoms with Gasteiger partial charge in [-0.1, -0.05) is 18.2 Å². The Morgan fingerprint density at radius 2 is 1.90 bits per heavy atom. The van der Waals surface area contributed by atoms with Crippen LogP contribution >= 0.6 is 0 Å². The van der Waals surface area contributed by atoms with E-state index in [0.29, 0.717) is 18.0 Å². The number of nitrogens with one attached hydrogen (secondary N) is 2. The Bertz CT molecular complexity index is 519. The first-order valence-corrected chi connectivity index (χ1v) is 6.75. The van der Waals surface area contributed by atoms with Crippen molar-refractivity contribution in [2.45, 2.75) is 13.8 Å². The van der Waals surface area contributed by atoms with Gasteiger partial charge in [-0.25, -0.2) is 0 Å². The quantitative estimate of drug-likeness (QED) is 0.597. The van der Waals surface area contributed by atoms with Crippen molar-refractivity contribution in [2.75, 3.05) is 18.5 Å². The number of rotatable bonds is 7. The van der Waals surface area contributed by atoms with Crippen molar-refractivity contribution < 1.29 is 14.3 Å². The fraction of sp³-hybridized carbons (Fsp3) is 0.250. The number of hydrogen-bond donors (Lipinski definition) is 2. The summed E-state index contributed by atoms with van der Waals surface area (Å²) in [6, 6.07) is 6.83. The Balaban J connectivity index is 2.46. The van der Waals surface area contributed by atoms with Crippen LogP contribution in [0.5, 0.6) is 5.75 Å². The Labute approximate surface area is 124 Å². The summed E-state index contributed by atoms with van der Waals surface area (Å²) in [6.07, 6.45) is 6.72. The molecule has 0 radical (unpaired) electrons. The summed E-state index contributed by atoms with van der Waals surface area (Å²) in [4.78, 5) is 22.8. The van der Waals surface area contributed by atoms with Gasteiger partial charge in [0.05, 0.1) is 0 Å². The highest BCUT2D eigenvalue weighted by Gasteiger charge is 2.02. The van der Waals surface area contributed by atoms with Crippen molar-refractivity contribution >= 4 is 17.5 Å². The number of likely N-dealkylation sites (N-methyl/N-ethyl adjacent to an activating group) is 1. The minimum absolute atomic E-state index is 0.0222. The van der Waals surface area contributed by atoms with E-state index in [0.717, 1.165) is 0 Å². The molecule has 0 unspecified atom stereocenters. The Morgan fingerprint density at radius 3 is 2.52 bits per heavy atom. The fourth-order valence-electron chi connectivity index (χ4n) is 1.47. The van der Waals surface area contributed by atoms with Gasteiger partial charge in [0.1, 0.15) is 5.75 Å². The molecule has 2 amide bonds. The van der Waals surface area contributed by atoms with Crippen molar-refractivity contribution in [1.29, 1.82) is 0 Å². The lowest BCUT2D eigenvalue weighted by molar-refractivity contribution is -0.123. The maximum Gasteiger partial charge on any atom is 0.257 e. The van der Waals surface area contributed by atoms with Crippen LogP contribution in [0.25, 0.3) is 0 Å². The number of allylic oxidation sites excluding steroid dienone is 3. The van der Waals surface area contributed by atoms with Gasteiger partial charge in [-0.15, -0.1) is 0 Å². The zero-order valence-corrected chi connectivity index (χ0v) is 12.3. The van der Waals surface area contributed by atoms with Crippen molar-refractivity contribution in [1.82, 2.24) is 5.32 Å². The lowest BCUT2D eigenvalue weighted by atomic mass is 10.3.